The van der Waals surface area contributed by atoms with Crippen LogP contribution in [-0.2, 0) is 7.05 Å². The first-order chi connectivity index (χ1) is 10.0. The Morgan fingerprint density at radius 2 is 2.14 bits per heavy atom. The number of aryl methyl sites for hydroxylation is 1. The molecule has 0 aliphatic heterocycles. The Hall–Kier alpha value is -2.69. The molecule has 21 heavy (non-hydrogen) atoms. The van der Waals surface area contributed by atoms with Crippen molar-refractivity contribution in [2.75, 3.05) is 7.11 Å². The number of hydrogen-bond donors (Lipinski definition) is 0. The zero-order valence-corrected chi connectivity index (χ0v) is 11.9. The zero-order chi connectivity index (χ0) is 15.6. The molecular formula is C16H15FN2O2. The van der Waals surface area contributed by atoms with E-state index in [1.165, 1.54) is 31.1 Å². The van der Waals surface area contributed by atoms with E-state index in [0.717, 1.165) is 0 Å². The SMILES string of the molecule is C=Cc1c(C(=C)F)cccc1-c1cnn(C)c(=O)c1OC. The summed E-state index contributed by atoms with van der Waals surface area (Å²) in [6, 6.07) is 5.03. The molecule has 0 fully saturated rings. The second kappa shape index (κ2) is 5.75. The molecule has 5 heteroatoms. The van der Waals surface area contributed by atoms with Crippen molar-refractivity contribution in [3.8, 4) is 16.9 Å². The van der Waals surface area contributed by atoms with Crippen molar-refractivity contribution in [1.29, 1.82) is 0 Å². The van der Waals surface area contributed by atoms with Crippen LogP contribution >= 0.6 is 0 Å². The van der Waals surface area contributed by atoms with Gasteiger partial charge in [0.2, 0.25) is 0 Å². The van der Waals surface area contributed by atoms with E-state index in [-0.39, 0.29) is 11.3 Å². The van der Waals surface area contributed by atoms with Crippen molar-refractivity contribution < 1.29 is 9.13 Å². The highest BCUT2D eigenvalue weighted by Gasteiger charge is 2.16. The van der Waals surface area contributed by atoms with Crippen LogP contribution in [0.4, 0.5) is 4.39 Å². The van der Waals surface area contributed by atoms with E-state index in [9.17, 15) is 9.18 Å². The van der Waals surface area contributed by atoms with E-state index in [4.69, 9.17) is 4.74 Å². The maximum Gasteiger partial charge on any atom is 0.309 e. The minimum atomic E-state index is -0.567. The Morgan fingerprint density at radius 3 is 2.71 bits per heavy atom. The molecule has 0 bridgehead atoms. The van der Waals surface area contributed by atoms with Gasteiger partial charge in [-0.3, -0.25) is 4.79 Å². The molecule has 1 heterocycles. The van der Waals surface area contributed by atoms with Crippen LogP contribution in [0.5, 0.6) is 5.75 Å². The van der Waals surface area contributed by atoms with Gasteiger partial charge in [-0.25, -0.2) is 9.07 Å². The normalized spacial score (nSPS) is 10.2. The second-order valence-corrected chi connectivity index (χ2v) is 4.40. The fourth-order valence-electron chi connectivity index (χ4n) is 2.16. The van der Waals surface area contributed by atoms with E-state index in [1.54, 1.807) is 18.2 Å². The summed E-state index contributed by atoms with van der Waals surface area (Å²) in [5.74, 6) is -0.417. The first kappa shape index (κ1) is 14.7. The summed E-state index contributed by atoms with van der Waals surface area (Å²) in [5.41, 5.74) is 1.60. The van der Waals surface area contributed by atoms with Gasteiger partial charge in [0.1, 0.15) is 5.83 Å². The van der Waals surface area contributed by atoms with E-state index in [1.807, 2.05) is 0 Å². The average Bonchev–Trinajstić information content (AvgIpc) is 2.48. The van der Waals surface area contributed by atoms with Gasteiger partial charge in [0.05, 0.1) is 18.9 Å². The summed E-state index contributed by atoms with van der Waals surface area (Å²) in [6.45, 7) is 7.02. The molecule has 2 rings (SSSR count). The molecule has 1 aromatic carbocycles. The number of methoxy groups -OCH3 is 1. The standard InChI is InChI=1S/C16H15FN2O2/c1-5-11-12(10(2)17)7-6-8-13(11)14-9-18-19(3)16(20)15(14)21-4/h5-9H,1-2H2,3-4H3. The largest absolute Gasteiger partial charge is 0.491 e. The lowest BCUT2D eigenvalue weighted by molar-refractivity contribution is 0.402. The van der Waals surface area contributed by atoms with Crippen molar-refractivity contribution in [2.24, 2.45) is 7.05 Å². The molecule has 0 radical (unpaired) electrons. The highest BCUT2D eigenvalue weighted by Crippen LogP contribution is 2.33. The lowest BCUT2D eigenvalue weighted by atomic mass is 9.95. The molecule has 0 aliphatic rings. The minimum Gasteiger partial charge on any atom is -0.491 e. The molecule has 108 valence electrons. The lowest BCUT2D eigenvalue weighted by Crippen LogP contribution is -2.21. The third kappa shape index (κ3) is 2.50. The van der Waals surface area contributed by atoms with Crippen LogP contribution < -0.4 is 10.3 Å². The van der Waals surface area contributed by atoms with Crippen molar-refractivity contribution in [3.63, 3.8) is 0 Å². The highest BCUT2D eigenvalue weighted by molar-refractivity contribution is 5.84. The Balaban J connectivity index is 2.83. The number of nitrogens with zero attached hydrogens (tertiary/aromatic N) is 2. The van der Waals surface area contributed by atoms with Gasteiger partial charge in [-0.1, -0.05) is 37.4 Å². The molecule has 0 saturated heterocycles. The maximum atomic E-state index is 13.5. The van der Waals surface area contributed by atoms with Crippen LogP contribution in [0.3, 0.4) is 0 Å². The molecule has 0 saturated carbocycles. The zero-order valence-electron chi connectivity index (χ0n) is 11.9. The average molecular weight is 286 g/mol. The van der Waals surface area contributed by atoms with Crippen LogP contribution in [0.15, 0.2) is 42.3 Å². The van der Waals surface area contributed by atoms with E-state index >= 15 is 0 Å². The third-order valence-corrected chi connectivity index (χ3v) is 3.19. The lowest BCUT2D eigenvalue weighted by Gasteiger charge is -2.13. The summed E-state index contributed by atoms with van der Waals surface area (Å²) in [4.78, 5) is 12.1. The monoisotopic (exact) mass is 286 g/mol. The van der Waals surface area contributed by atoms with Crippen molar-refractivity contribution in [2.45, 2.75) is 0 Å². The first-order valence-corrected chi connectivity index (χ1v) is 6.22. The molecule has 2 aromatic rings. The van der Waals surface area contributed by atoms with Crippen LogP contribution in [-0.4, -0.2) is 16.9 Å². The van der Waals surface area contributed by atoms with Gasteiger partial charge in [0.25, 0.3) is 0 Å². The van der Waals surface area contributed by atoms with Gasteiger partial charge in [-0.05, 0) is 11.1 Å². The van der Waals surface area contributed by atoms with Gasteiger partial charge in [0.15, 0.2) is 5.75 Å². The number of halogens is 1. The van der Waals surface area contributed by atoms with Gasteiger partial charge in [-0.15, -0.1) is 0 Å². The van der Waals surface area contributed by atoms with Crippen LogP contribution in [0.2, 0.25) is 0 Å². The Kier molecular flexibility index (Phi) is 4.03. The molecule has 1 aromatic heterocycles. The quantitative estimate of drug-likeness (QED) is 0.867. The maximum absolute atomic E-state index is 13.5. The number of aromatic nitrogens is 2. The minimum absolute atomic E-state index is 0.150. The van der Waals surface area contributed by atoms with Gasteiger partial charge < -0.3 is 4.74 Å². The van der Waals surface area contributed by atoms with Crippen LogP contribution in [0.25, 0.3) is 23.0 Å². The molecular weight excluding hydrogens is 271 g/mol. The smallest absolute Gasteiger partial charge is 0.309 e. The molecule has 0 amide bonds. The fraction of sp³-hybridized carbons (Fsp3) is 0.125. The molecule has 0 aliphatic carbocycles. The predicted octanol–water partition coefficient (Wildman–Crippen LogP) is 3.04. The summed E-state index contributed by atoms with van der Waals surface area (Å²) in [6.07, 6.45) is 3.03. The molecule has 0 atom stereocenters. The molecule has 0 N–H and O–H groups in total. The van der Waals surface area contributed by atoms with Crippen molar-refractivity contribution in [1.82, 2.24) is 9.78 Å². The first-order valence-electron chi connectivity index (χ1n) is 6.22. The molecule has 4 nitrogen and oxygen atoms in total. The van der Waals surface area contributed by atoms with E-state index in [0.29, 0.717) is 22.3 Å². The van der Waals surface area contributed by atoms with E-state index < -0.39 is 5.83 Å². The van der Waals surface area contributed by atoms with E-state index in [2.05, 4.69) is 18.3 Å². The van der Waals surface area contributed by atoms with Crippen molar-refractivity contribution >= 4 is 11.9 Å². The van der Waals surface area contributed by atoms with Crippen LogP contribution in [0, 0.1) is 0 Å². The number of benzene rings is 1. The summed E-state index contributed by atoms with van der Waals surface area (Å²) in [7, 11) is 2.94. The summed E-state index contributed by atoms with van der Waals surface area (Å²) in [5, 5.41) is 3.99. The fourth-order valence-corrected chi connectivity index (χ4v) is 2.16. The van der Waals surface area contributed by atoms with Crippen LogP contribution in [0.1, 0.15) is 11.1 Å². The number of hydrogen-bond acceptors (Lipinski definition) is 3. The Morgan fingerprint density at radius 1 is 1.43 bits per heavy atom. The highest BCUT2D eigenvalue weighted by atomic mass is 19.1. The summed E-state index contributed by atoms with van der Waals surface area (Å²) < 4.78 is 19.9. The summed E-state index contributed by atoms with van der Waals surface area (Å²) >= 11 is 0. The predicted molar refractivity (Wildman–Crippen MR) is 81.7 cm³/mol. The Bertz CT molecular complexity index is 778. The second-order valence-electron chi connectivity index (χ2n) is 4.40. The third-order valence-electron chi connectivity index (χ3n) is 3.19. The van der Waals surface area contributed by atoms with Gasteiger partial charge in [-0.2, -0.15) is 5.10 Å². The topological polar surface area (TPSA) is 44.1 Å². The van der Waals surface area contributed by atoms with Gasteiger partial charge in [0, 0.05) is 12.6 Å². The van der Waals surface area contributed by atoms with Crippen molar-refractivity contribution in [3.05, 3.63) is 59.0 Å². The molecule has 0 spiro atoms. The number of ether oxygens (including phenoxy) is 1. The van der Waals surface area contributed by atoms with Gasteiger partial charge >= 0.3 is 5.56 Å². The Labute approximate surface area is 121 Å². The molecule has 0 unspecified atom stereocenters. The number of rotatable bonds is 4.